The molecule has 0 bridgehead atoms. The first-order valence-electron chi connectivity index (χ1n) is 9.03. The zero-order valence-electron chi connectivity index (χ0n) is 15.3. The Morgan fingerprint density at radius 2 is 1.84 bits per heavy atom. The topological polar surface area (TPSA) is 19.1 Å². The fourth-order valence-electron chi connectivity index (χ4n) is 4.42. The van der Waals surface area contributed by atoms with Gasteiger partial charge < -0.3 is 4.90 Å². The smallest absolute Gasteiger partial charge is 0.201 e. The number of piperidine rings is 1. The van der Waals surface area contributed by atoms with Crippen LogP contribution in [0.5, 0.6) is 0 Å². The number of anilines is 1. The molecule has 2 aliphatic carbocycles. The van der Waals surface area contributed by atoms with Crippen LogP contribution in [-0.4, -0.2) is 32.2 Å². The van der Waals surface area contributed by atoms with Crippen molar-refractivity contribution in [1.29, 1.82) is 0 Å². The summed E-state index contributed by atoms with van der Waals surface area (Å²) in [6.45, 7) is 7.25. The van der Waals surface area contributed by atoms with Gasteiger partial charge in [0.05, 0.1) is 20.8 Å². The molecule has 0 N–H and O–H groups in total. The van der Waals surface area contributed by atoms with E-state index in [1.165, 1.54) is 33.7 Å². The van der Waals surface area contributed by atoms with Crippen molar-refractivity contribution in [3.8, 4) is 10.6 Å². The minimum absolute atomic E-state index is 0.566. The fourth-order valence-corrected chi connectivity index (χ4v) is 5.45. The van der Waals surface area contributed by atoms with Gasteiger partial charge in [-0.15, -0.1) is 11.3 Å². The number of fused-ring (bicyclic) bond motifs is 3. The van der Waals surface area contributed by atoms with Gasteiger partial charge in [-0.2, -0.15) is 0 Å². The van der Waals surface area contributed by atoms with Crippen LogP contribution in [0.15, 0.2) is 36.4 Å². The van der Waals surface area contributed by atoms with Crippen molar-refractivity contribution in [3.05, 3.63) is 41.8 Å². The molecule has 0 spiro atoms. The van der Waals surface area contributed by atoms with Crippen LogP contribution in [0, 0.1) is 17.3 Å². The maximum atomic E-state index is 4.87. The first-order valence-corrected chi connectivity index (χ1v) is 9.85. The Morgan fingerprint density at radius 1 is 1.08 bits per heavy atom. The molecule has 25 heavy (non-hydrogen) atoms. The second-order valence-electron chi connectivity index (χ2n) is 8.35. The van der Waals surface area contributed by atoms with Gasteiger partial charge in [0.2, 0.25) is 5.36 Å². The molecule has 5 rings (SSSR count). The summed E-state index contributed by atoms with van der Waals surface area (Å²) in [7, 11) is 4.16. The summed E-state index contributed by atoms with van der Waals surface area (Å²) in [5.41, 5.74) is 4.11. The van der Waals surface area contributed by atoms with E-state index in [4.69, 9.17) is 4.98 Å². The lowest BCUT2D eigenvalue weighted by Gasteiger charge is -2.24. The summed E-state index contributed by atoms with van der Waals surface area (Å²) in [6.07, 6.45) is 0. The second-order valence-corrected chi connectivity index (χ2v) is 9.44. The molecule has 2 atom stereocenters. The van der Waals surface area contributed by atoms with Gasteiger partial charge in [-0.05, 0) is 41.5 Å². The SMILES string of the molecule is C[N+](C)=c1ccc2nc3ccc(N4CC5C(C4)C5(C)C)cc3sc-2c1. The monoisotopic (exact) mass is 350 g/mol. The Labute approximate surface area is 152 Å². The van der Waals surface area contributed by atoms with E-state index >= 15 is 0 Å². The van der Waals surface area contributed by atoms with Gasteiger partial charge in [0.1, 0.15) is 14.1 Å². The van der Waals surface area contributed by atoms with Gasteiger partial charge in [0.25, 0.3) is 0 Å². The molecular formula is C21H24N3S+. The standard InChI is InChI=1S/C21H24N3S/c1-21(2)15-11-24(12-16(15)21)14-6-8-18-20(10-14)25-19-9-13(23(3)4)5-7-17(19)22-18/h5-10,15-16H,11-12H2,1-4H3/q+1. The molecule has 0 radical (unpaired) electrons. The normalized spacial score (nSPS) is 23.9. The highest BCUT2D eigenvalue weighted by Crippen LogP contribution is 2.62. The van der Waals surface area contributed by atoms with Crippen LogP contribution < -0.4 is 14.8 Å². The van der Waals surface area contributed by atoms with Crippen LogP contribution in [0.25, 0.3) is 20.8 Å². The van der Waals surface area contributed by atoms with Crippen LogP contribution in [-0.2, 0) is 0 Å². The molecule has 4 aliphatic rings. The van der Waals surface area contributed by atoms with E-state index in [9.17, 15) is 0 Å². The quantitative estimate of drug-likeness (QED) is 0.494. The lowest BCUT2D eigenvalue weighted by atomic mass is 10.1. The third-order valence-corrected chi connectivity index (χ3v) is 7.45. The molecule has 1 aromatic rings. The predicted molar refractivity (Wildman–Crippen MR) is 106 cm³/mol. The molecule has 2 unspecified atom stereocenters. The molecule has 128 valence electrons. The molecule has 3 nitrogen and oxygen atoms in total. The fraction of sp³-hybridized carbons (Fsp3) is 0.429. The van der Waals surface area contributed by atoms with Gasteiger partial charge in [0, 0.05) is 30.9 Å². The van der Waals surface area contributed by atoms with E-state index in [1.54, 1.807) is 0 Å². The first kappa shape index (κ1) is 15.3. The number of hydrogen-bond acceptors (Lipinski definition) is 3. The number of benzene rings is 2. The van der Waals surface area contributed by atoms with Crippen LogP contribution in [0.1, 0.15) is 13.8 Å². The van der Waals surface area contributed by atoms with E-state index in [1.807, 2.05) is 11.3 Å². The first-order chi connectivity index (χ1) is 11.9. The van der Waals surface area contributed by atoms with Crippen LogP contribution in [0.2, 0.25) is 0 Å². The lowest BCUT2D eigenvalue weighted by molar-refractivity contribution is 0.500. The molecule has 0 aromatic heterocycles. The predicted octanol–water partition coefficient (Wildman–Crippen LogP) is 3.53. The minimum atomic E-state index is 0.566. The zero-order chi connectivity index (χ0) is 17.3. The Bertz CT molecular complexity index is 1010. The highest BCUT2D eigenvalue weighted by atomic mass is 32.1. The highest BCUT2D eigenvalue weighted by Gasteiger charge is 2.61. The van der Waals surface area contributed by atoms with E-state index in [0.717, 1.165) is 23.0 Å². The maximum Gasteiger partial charge on any atom is 0.201 e. The van der Waals surface area contributed by atoms with Crippen molar-refractivity contribution in [2.24, 2.45) is 17.3 Å². The number of rotatable bonds is 1. The van der Waals surface area contributed by atoms with E-state index < -0.39 is 0 Å². The van der Waals surface area contributed by atoms with Gasteiger partial charge in [-0.25, -0.2) is 9.56 Å². The summed E-state index contributed by atoms with van der Waals surface area (Å²) in [6, 6.07) is 13.3. The molecule has 2 fully saturated rings. The average Bonchev–Trinajstić information content (AvgIpc) is 2.96. The summed E-state index contributed by atoms with van der Waals surface area (Å²) < 4.78 is 3.42. The number of hydrogen-bond donors (Lipinski definition) is 0. The molecule has 2 aliphatic heterocycles. The Hall–Kier alpha value is -1.94. The van der Waals surface area contributed by atoms with Crippen molar-refractivity contribution in [3.63, 3.8) is 0 Å². The van der Waals surface area contributed by atoms with Crippen molar-refractivity contribution in [2.75, 3.05) is 32.1 Å². The van der Waals surface area contributed by atoms with Crippen LogP contribution >= 0.6 is 11.3 Å². The average molecular weight is 351 g/mol. The second kappa shape index (κ2) is 5.04. The van der Waals surface area contributed by atoms with Crippen LogP contribution in [0.4, 0.5) is 5.69 Å². The third-order valence-electron chi connectivity index (χ3n) is 6.35. The molecule has 0 amide bonds. The summed E-state index contributed by atoms with van der Waals surface area (Å²) in [5.74, 6) is 1.76. The van der Waals surface area contributed by atoms with Gasteiger partial charge in [-0.3, -0.25) is 0 Å². The van der Waals surface area contributed by atoms with E-state index in [2.05, 4.69) is 73.8 Å². The third kappa shape index (κ3) is 2.30. The summed E-state index contributed by atoms with van der Waals surface area (Å²) in [4.78, 5) is 8.68. The van der Waals surface area contributed by atoms with E-state index in [0.29, 0.717) is 5.41 Å². The summed E-state index contributed by atoms with van der Waals surface area (Å²) >= 11 is 1.85. The van der Waals surface area contributed by atoms with Crippen molar-refractivity contribution in [1.82, 2.24) is 9.56 Å². The summed E-state index contributed by atoms with van der Waals surface area (Å²) in [5, 5.41) is 1.22. The van der Waals surface area contributed by atoms with Crippen LogP contribution in [0.3, 0.4) is 0 Å². The van der Waals surface area contributed by atoms with Crippen molar-refractivity contribution in [2.45, 2.75) is 13.8 Å². The largest absolute Gasteiger partial charge is 0.371 e. The number of nitrogens with zero attached hydrogens (tertiary/aromatic N) is 3. The molecule has 1 aromatic carbocycles. The minimum Gasteiger partial charge on any atom is -0.371 e. The Balaban J connectivity index is 1.57. The Morgan fingerprint density at radius 3 is 2.56 bits per heavy atom. The van der Waals surface area contributed by atoms with Gasteiger partial charge >= 0.3 is 0 Å². The molecule has 2 heterocycles. The Kier molecular flexibility index (Phi) is 3.09. The highest BCUT2D eigenvalue weighted by molar-refractivity contribution is 7.21. The molecule has 1 saturated heterocycles. The van der Waals surface area contributed by atoms with Gasteiger partial charge in [-0.1, -0.05) is 13.8 Å². The van der Waals surface area contributed by atoms with Crippen molar-refractivity contribution >= 4 is 27.2 Å². The maximum absolute atomic E-state index is 4.87. The lowest BCUT2D eigenvalue weighted by Crippen LogP contribution is -2.25. The molecule has 4 heteroatoms. The molecule has 1 saturated carbocycles. The number of aromatic nitrogens is 1. The molecular weight excluding hydrogens is 326 g/mol. The van der Waals surface area contributed by atoms with Crippen molar-refractivity contribution < 1.29 is 0 Å². The van der Waals surface area contributed by atoms with Gasteiger partial charge in [0.15, 0.2) is 0 Å². The van der Waals surface area contributed by atoms with E-state index in [-0.39, 0.29) is 0 Å². The zero-order valence-corrected chi connectivity index (χ0v) is 16.1.